The summed E-state index contributed by atoms with van der Waals surface area (Å²) < 4.78 is 6.83. The van der Waals surface area contributed by atoms with E-state index in [1.54, 1.807) is 7.11 Å². The first-order valence-corrected chi connectivity index (χ1v) is 7.70. The summed E-state index contributed by atoms with van der Waals surface area (Å²) in [6.45, 7) is 3.97. The zero-order valence-electron chi connectivity index (χ0n) is 10.8. The van der Waals surface area contributed by atoms with Gasteiger partial charge in [-0.3, -0.25) is 0 Å². The van der Waals surface area contributed by atoms with Crippen LogP contribution in [0.5, 0.6) is 5.75 Å². The number of halogens is 2. The molecular weight excluding hydrogens is 348 g/mol. The molecule has 1 heterocycles. The summed E-state index contributed by atoms with van der Waals surface area (Å²) in [5.41, 5.74) is 2.90. The molecule has 1 aromatic heterocycles. The molecule has 2 nitrogen and oxygen atoms in total. The van der Waals surface area contributed by atoms with Crippen molar-refractivity contribution in [2.75, 3.05) is 7.11 Å². The van der Waals surface area contributed by atoms with Crippen molar-refractivity contribution in [1.82, 2.24) is 0 Å². The second-order valence-electron chi connectivity index (χ2n) is 4.37. The molecule has 19 heavy (non-hydrogen) atoms. The summed E-state index contributed by atoms with van der Waals surface area (Å²) in [6, 6.07) is 5.80. The van der Waals surface area contributed by atoms with Crippen molar-refractivity contribution in [3.8, 4) is 5.75 Å². The Labute approximate surface area is 130 Å². The standard InChI is InChI=1S/C14H14BrClO2S/c1-7-4-8(2)12(10(5-7)18-3)13(17)11-6-9(15)14(16)19-11/h4-6,13,17H,1-3H3. The van der Waals surface area contributed by atoms with Crippen molar-refractivity contribution in [1.29, 1.82) is 0 Å². The highest BCUT2D eigenvalue weighted by Gasteiger charge is 2.21. The van der Waals surface area contributed by atoms with Crippen molar-refractivity contribution in [3.05, 3.63) is 48.6 Å². The van der Waals surface area contributed by atoms with E-state index in [1.165, 1.54) is 11.3 Å². The minimum atomic E-state index is -0.732. The lowest BCUT2D eigenvalue weighted by atomic mass is 9.99. The molecule has 2 rings (SSSR count). The lowest BCUT2D eigenvalue weighted by Crippen LogP contribution is -2.04. The van der Waals surface area contributed by atoms with Gasteiger partial charge in [0.25, 0.3) is 0 Å². The molecule has 1 atom stereocenters. The molecule has 0 saturated carbocycles. The molecule has 0 saturated heterocycles. The molecule has 102 valence electrons. The molecule has 0 aliphatic heterocycles. The van der Waals surface area contributed by atoms with Crippen LogP contribution in [0.4, 0.5) is 0 Å². The quantitative estimate of drug-likeness (QED) is 0.845. The summed E-state index contributed by atoms with van der Waals surface area (Å²) in [5, 5.41) is 10.6. The molecule has 2 aromatic rings. The third-order valence-electron chi connectivity index (χ3n) is 2.92. The minimum absolute atomic E-state index is 0.637. The number of hydrogen-bond donors (Lipinski definition) is 1. The van der Waals surface area contributed by atoms with Gasteiger partial charge in [0, 0.05) is 14.9 Å². The van der Waals surface area contributed by atoms with E-state index in [0.717, 1.165) is 26.0 Å². The van der Waals surface area contributed by atoms with Gasteiger partial charge in [-0.05, 0) is 53.0 Å². The van der Waals surface area contributed by atoms with Gasteiger partial charge in [0.15, 0.2) is 0 Å². The van der Waals surface area contributed by atoms with E-state index in [2.05, 4.69) is 15.9 Å². The second-order valence-corrected chi connectivity index (χ2v) is 6.91. The number of benzene rings is 1. The van der Waals surface area contributed by atoms with Crippen LogP contribution in [0.15, 0.2) is 22.7 Å². The predicted molar refractivity (Wildman–Crippen MR) is 83.6 cm³/mol. The normalized spacial score (nSPS) is 12.5. The molecule has 0 bridgehead atoms. The van der Waals surface area contributed by atoms with E-state index in [1.807, 2.05) is 32.0 Å². The van der Waals surface area contributed by atoms with Gasteiger partial charge in [-0.15, -0.1) is 11.3 Å². The first kappa shape index (κ1) is 14.9. The van der Waals surface area contributed by atoms with Crippen molar-refractivity contribution in [2.24, 2.45) is 0 Å². The molecular formula is C14H14BrClO2S. The number of rotatable bonds is 3. The zero-order chi connectivity index (χ0) is 14.2. The second kappa shape index (κ2) is 5.83. The Balaban J connectivity index is 2.51. The first-order chi connectivity index (χ1) is 8.93. The molecule has 5 heteroatoms. The Bertz CT molecular complexity index is 590. The van der Waals surface area contributed by atoms with Crippen LogP contribution in [0.2, 0.25) is 4.34 Å². The third kappa shape index (κ3) is 2.97. The monoisotopic (exact) mass is 360 g/mol. The van der Waals surface area contributed by atoms with E-state index in [0.29, 0.717) is 10.1 Å². The Hall–Kier alpha value is -0.550. The molecule has 0 aliphatic rings. The number of aliphatic hydroxyl groups is 1. The lowest BCUT2D eigenvalue weighted by Gasteiger charge is -2.17. The fourth-order valence-electron chi connectivity index (χ4n) is 2.10. The highest BCUT2D eigenvalue weighted by Crippen LogP contribution is 2.40. The van der Waals surface area contributed by atoms with Gasteiger partial charge < -0.3 is 9.84 Å². The molecule has 1 aromatic carbocycles. The van der Waals surface area contributed by atoms with Gasteiger partial charge in [0.2, 0.25) is 0 Å². The zero-order valence-corrected chi connectivity index (χ0v) is 14.0. The number of methoxy groups -OCH3 is 1. The fraction of sp³-hybridized carbons (Fsp3) is 0.286. The van der Waals surface area contributed by atoms with Crippen molar-refractivity contribution >= 4 is 38.9 Å². The Morgan fingerprint density at radius 3 is 2.53 bits per heavy atom. The Morgan fingerprint density at radius 2 is 2.00 bits per heavy atom. The van der Waals surface area contributed by atoms with Gasteiger partial charge in [-0.25, -0.2) is 0 Å². The average molecular weight is 362 g/mol. The number of thiophene rings is 1. The van der Waals surface area contributed by atoms with Crippen LogP contribution >= 0.6 is 38.9 Å². The van der Waals surface area contributed by atoms with E-state index in [9.17, 15) is 5.11 Å². The smallest absolute Gasteiger partial charge is 0.125 e. The van der Waals surface area contributed by atoms with Crippen LogP contribution in [0.25, 0.3) is 0 Å². The molecule has 1 unspecified atom stereocenters. The topological polar surface area (TPSA) is 29.5 Å². The van der Waals surface area contributed by atoms with Crippen LogP contribution in [0, 0.1) is 13.8 Å². The van der Waals surface area contributed by atoms with Gasteiger partial charge in [-0.1, -0.05) is 17.7 Å². The number of aryl methyl sites for hydroxylation is 2. The predicted octanol–water partition coefficient (Wildman–Crippen LogP) is 4.87. The summed E-state index contributed by atoms with van der Waals surface area (Å²) in [6.07, 6.45) is -0.732. The third-order valence-corrected chi connectivity index (χ3v) is 5.45. The molecule has 1 N–H and O–H groups in total. The molecule has 0 fully saturated rings. The molecule has 0 radical (unpaired) electrons. The SMILES string of the molecule is COc1cc(C)cc(C)c1C(O)c1cc(Br)c(Cl)s1. The maximum atomic E-state index is 10.6. The van der Waals surface area contributed by atoms with Crippen LogP contribution in [0.3, 0.4) is 0 Å². The molecule has 0 aliphatic carbocycles. The number of aliphatic hydroxyl groups excluding tert-OH is 1. The van der Waals surface area contributed by atoms with Crippen LogP contribution in [-0.2, 0) is 0 Å². The van der Waals surface area contributed by atoms with Gasteiger partial charge in [0.1, 0.15) is 16.2 Å². The summed E-state index contributed by atoms with van der Waals surface area (Å²) in [4.78, 5) is 0.794. The summed E-state index contributed by atoms with van der Waals surface area (Å²) >= 11 is 10.8. The van der Waals surface area contributed by atoms with Crippen molar-refractivity contribution in [3.63, 3.8) is 0 Å². The highest BCUT2D eigenvalue weighted by atomic mass is 79.9. The maximum Gasteiger partial charge on any atom is 0.125 e. The van der Waals surface area contributed by atoms with Crippen molar-refractivity contribution in [2.45, 2.75) is 20.0 Å². The van der Waals surface area contributed by atoms with Gasteiger partial charge >= 0.3 is 0 Å². The van der Waals surface area contributed by atoms with E-state index in [4.69, 9.17) is 16.3 Å². The maximum absolute atomic E-state index is 10.6. The summed E-state index contributed by atoms with van der Waals surface area (Å²) in [5.74, 6) is 0.700. The van der Waals surface area contributed by atoms with E-state index >= 15 is 0 Å². The van der Waals surface area contributed by atoms with Crippen molar-refractivity contribution < 1.29 is 9.84 Å². The van der Waals surface area contributed by atoms with E-state index < -0.39 is 6.10 Å². The van der Waals surface area contributed by atoms with Crippen LogP contribution in [-0.4, -0.2) is 12.2 Å². The van der Waals surface area contributed by atoms with E-state index in [-0.39, 0.29) is 0 Å². The average Bonchev–Trinajstić information content (AvgIpc) is 2.68. The molecule has 0 amide bonds. The van der Waals surface area contributed by atoms with Crippen LogP contribution in [0.1, 0.15) is 27.7 Å². The van der Waals surface area contributed by atoms with Gasteiger partial charge in [-0.2, -0.15) is 0 Å². The highest BCUT2D eigenvalue weighted by molar-refractivity contribution is 9.10. The molecule has 0 spiro atoms. The number of hydrogen-bond acceptors (Lipinski definition) is 3. The largest absolute Gasteiger partial charge is 0.496 e. The first-order valence-electron chi connectivity index (χ1n) is 5.72. The number of ether oxygens (including phenoxy) is 1. The Morgan fingerprint density at radius 1 is 1.32 bits per heavy atom. The van der Waals surface area contributed by atoms with Crippen LogP contribution < -0.4 is 4.74 Å². The summed E-state index contributed by atoms with van der Waals surface area (Å²) in [7, 11) is 1.61. The van der Waals surface area contributed by atoms with Gasteiger partial charge in [0.05, 0.1) is 7.11 Å². The minimum Gasteiger partial charge on any atom is -0.496 e. The fourth-order valence-corrected chi connectivity index (χ4v) is 3.83. The lowest BCUT2D eigenvalue weighted by molar-refractivity contribution is 0.217. The Kier molecular flexibility index (Phi) is 4.56.